The first kappa shape index (κ1) is 17.0. The molecule has 0 spiro atoms. The molecule has 0 saturated carbocycles. The fraction of sp³-hybridized carbons (Fsp3) is 0.500. The largest absolute Gasteiger partial charge is 0.370 e. The predicted molar refractivity (Wildman–Crippen MR) is 85.4 cm³/mol. The molecule has 116 valence electrons. The van der Waals surface area contributed by atoms with Crippen molar-refractivity contribution in [1.29, 1.82) is 0 Å². The molecule has 0 aliphatic carbocycles. The van der Waals surface area contributed by atoms with Crippen LogP contribution in [0.4, 0.5) is 5.69 Å². The lowest BCUT2D eigenvalue weighted by Crippen LogP contribution is -2.30. The van der Waals surface area contributed by atoms with E-state index in [1.54, 1.807) is 0 Å². The average Bonchev–Trinajstić information content (AvgIpc) is 2.44. The van der Waals surface area contributed by atoms with Gasteiger partial charge in [0.2, 0.25) is 5.91 Å². The zero-order valence-corrected chi connectivity index (χ0v) is 13.1. The van der Waals surface area contributed by atoms with Gasteiger partial charge in [0.05, 0.1) is 0 Å². The van der Waals surface area contributed by atoms with Crippen molar-refractivity contribution in [2.24, 2.45) is 5.73 Å². The zero-order chi connectivity index (χ0) is 15.8. The third kappa shape index (κ3) is 5.45. The maximum absolute atomic E-state index is 11.9. The maximum Gasteiger partial charge on any atom is 0.251 e. The molecular weight excluding hydrogens is 266 g/mol. The summed E-state index contributed by atoms with van der Waals surface area (Å²) in [6.07, 6.45) is 0.856. The Morgan fingerprint density at radius 2 is 1.86 bits per heavy atom. The highest BCUT2D eigenvalue weighted by molar-refractivity contribution is 5.94. The molecule has 3 N–H and O–H groups in total. The molecule has 1 rings (SSSR count). The summed E-state index contributed by atoms with van der Waals surface area (Å²) in [5.41, 5.74) is 6.78. The lowest BCUT2D eigenvalue weighted by Gasteiger charge is -2.27. The fourth-order valence-corrected chi connectivity index (χ4v) is 2.22. The molecule has 2 amide bonds. The molecule has 21 heavy (non-hydrogen) atoms. The third-order valence-electron chi connectivity index (χ3n) is 3.31. The van der Waals surface area contributed by atoms with Crippen molar-refractivity contribution in [2.75, 3.05) is 18.0 Å². The van der Waals surface area contributed by atoms with Crippen molar-refractivity contribution in [3.63, 3.8) is 0 Å². The molecule has 0 atom stereocenters. The Bertz CT molecular complexity index is 469. The van der Waals surface area contributed by atoms with E-state index in [9.17, 15) is 9.59 Å². The van der Waals surface area contributed by atoms with E-state index in [2.05, 4.69) is 31.0 Å². The number of nitrogens with two attached hydrogens (primary N) is 1. The Balaban J connectivity index is 2.57. The van der Waals surface area contributed by atoms with Crippen LogP contribution < -0.4 is 16.0 Å². The molecular formula is C16H25N3O2. The number of hydrogen-bond acceptors (Lipinski definition) is 3. The Hall–Kier alpha value is -2.04. The normalized spacial score (nSPS) is 10.5. The van der Waals surface area contributed by atoms with Crippen molar-refractivity contribution in [3.05, 3.63) is 29.8 Å². The number of nitrogens with zero attached hydrogens (tertiary/aromatic N) is 1. The summed E-state index contributed by atoms with van der Waals surface area (Å²) in [4.78, 5) is 24.8. The number of anilines is 1. The second kappa shape index (κ2) is 8.29. The van der Waals surface area contributed by atoms with E-state index < -0.39 is 0 Å². The van der Waals surface area contributed by atoms with Gasteiger partial charge < -0.3 is 16.0 Å². The zero-order valence-electron chi connectivity index (χ0n) is 13.1. The molecule has 0 unspecified atom stereocenters. The minimum atomic E-state index is -0.345. The van der Waals surface area contributed by atoms with Gasteiger partial charge in [-0.1, -0.05) is 0 Å². The minimum Gasteiger partial charge on any atom is -0.370 e. The molecule has 0 aromatic heterocycles. The summed E-state index contributed by atoms with van der Waals surface area (Å²) in [5, 5.41) is 2.78. The Morgan fingerprint density at radius 3 is 2.33 bits per heavy atom. The van der Waals surface area contributed by atoms with E-state index in [1.807, 2.05) is 24.3 Å². The smallest absolute Gasteiger partial charge is 0.251 e. The summed E-state index contributed by atoms with van der Waals surface area (Å²) in [5.74, 6) is -0.472. The summed E-state index contributed by atoms with van der Waals surface area (Å²) < 4.78 is 0. The van der Waals surface area contributed by atoms with E-state index in [4.69, 9.17) is 5.73 Å². The molecule has 0 aliphatic rings. The summed E-state index contributed by atoms with van der Waals surface area (Å²) in [7, 11) is 0. The number of carbonyl (C=O) groups is 2. The lowest BCUT2D eigenvalue weighted by atomic mass is 10.1. The van der Waals surface area contributed by atoms with Gasteiger partial charge >= 0.3 is 0 Å². The van der Waals surface area contributed by atoms with Crippen molar-refractivity contribution < 1.29 is 9.59 Å². The highest BCUT2D eigenvalue weighted by Gasteiger charge is 2.10. The summed E-state index contributed by atoms with van der Waals surface area (Å²) >= 11 is 0. The van der Waals surface area contributed by atoms with E-state index >= 15 is 0 Å². The third-order valence-corrected chi connectivity index (χ3v) is 3.31. The van der Waals surface area contributed by atoms with Crippen molar-refractivity contribution in [2.45, 2.75) is 39.7 Å². The second-order valence-corrected chi connectivity index (χ2v) is 5.25. The van der Waals surface area contributed by atoms with Gasteiger partial charge in [0.1, 0.15) is 0 Å². The number of hydrogen-bond donors (Lipinski definition) is 2. The van der Waals surface area contributed by atoms with Gasteiger partial charge in [-0.2, -0.15) is 0 Å². The molecule has 0 heterocycles. The van der Waals surface area contributed by atoms with Crippen LogP contribution in [0.2, 0.25) is 0 Å². The van der Waals surface area contributed by atoms with Crippen molar-refractivity contribution >= 4 is 17.5 Å². The number of primary amides is 1. The molecule has 5 nitrogen and oxygen atoms in total. The molecule has 0 saturated heterocycles. The van der Waals surface area contributed by atoms with Gasteiger partial charge in [-0.05, 0) is 51.5 Å². The van der Waals surface area contributed by atoms with Crippen molar-refractivity contribution in [3.8, 4) is 0 Å². The predicted octanol–water partition coefficient (Wildman–Crippen LogP) is 1.92. The van der Waals surface area contributed by atoms with Crippen LogP contribution in [0.3, 0.4) is 0 Å². The van der Waals surface area contributed by atoms with Gasteiger partial charge in [0, 0.05) is 36.8 Å². The van der Waals surface area contributed by atoms with Crippen LogP contribution in [-0.4, -0.2) is 30.9 Å². The van der Waals surface area contributed by atoms with Gasteiger partial charge in [0.25, 0.3) is 5.91 Å². The Kier molecular flexibility index (Phi) is 6.72. The van der Waals surface area contributed by atoms with Gasteiger partial charge in [-0.15, -0.1) is 0 Å². The molecule has 0 aliphatic heterocycles. The SMILES string of the molecule is CCN(c1ccc(C(=O)NCCCC(N)=O)cc1)C(C)C. The lowest BCUT2D eigenvalue weighted by molar-refractivity contribution is -0.118. The topological polar surface area (TPSA) is 75.4 Å². The first-order valence-electron chi connectivity index (χ1n) is 7.39. The Labute approximate surface area is 126 Å². The molecule has 0 radical (unpaired) electrons. The number of rotatable bonds is 8. The molecule has 5 heteroatoms. The fourth-order valence-electron chi connectivity index (χ4n) is 2.22. The molecule has 1 aromatic rings. The van der Waals surface area contributed by atoms with Gasteiger partial charge in [0.15, 0.2) is 0 Å². The molecule has 0 bridgehead atoms. The maximum atomic E-state index is 11.9. The Morgan fingerprint density at radius 1 is 1.24 bits per heavy atom. The molecule has 1 aromatic carbocycles. The number of nitrogens with one attached hydrogen (secondary N) is 1. The van der Waals surface area contributed by atoms with Crippen LogP contribution in [0.1, 0.15) is 44.0 Å². The molecule has 0 fully saturated rings. The standard InChI is InChI=1S/C16H25N3O2/c1-4-19(12(2)3)14-9-7-13(8-10-14)16(21)18-11-5-6-15(17)20/h7-10,12H,4-6,11H2,1-3H3,(H2,17,20)(H,18,21). The van der Waals surface area contributed by atoms with E-state index in [0.717, 1.165) is 12.2 Å². The number of carbonyl (C=O) groups excluding carboxylic acids is 2. The minimum absolute atomic E-state index is 0.126. The van der Waals surface area contributed by atoms with Crippen molar-refractivity contribution in [1.82, 2.24) is 5.32 Å². The van der Waals surface area contributed by atoms with Crippen LogP contribution >= 0.6 is 0 Å². The summed E-state index contributed by atoms with van der Waals surface area (Å²) in [6, 6.07) is 7.99. The van der Waals surface area contributed by atoms with E-state index in [1.165, 1.54) is 0 Å². The number of benzene rings is 1. The average molecular weight is 291 g/mol. The van der Waals surface area contributed by atoms with Crippen LogP contribution in [0.5, 0.6) is 0 Å². The number of amides is 2. The quantitative estimate of drug-likeness (QED) is 0.718. The van der Waals surface area contributed by atoms with Crippen LogP contribution in [0.15, 0.2) is 24.3 Å². The first-order valence-corrected chi connectivity index (χ1v) is 7.39. The van der Waals surface area contributed by atoms with Crippen LogP contribution in [-0.2, 0) is 4.79 Å². The van der Waals surface area contributed by atoms with Gasteiger partial charge in [-0.25, -0.2) is 0 Å². The monoisotopic (exact) mass is 291 g/mol. The highest BCUT2D eigenvalue weighted by Crippen LogP contribution is 2.17. The summed E-state index contributed by atoms with van der Waals surface area (Å²) in [6.45, 7) is 7.78. The first-order chi connectivity index (χ1) is 9.95. The van der Waals surface area contributed by atoms with E-state index in [0.29, 0.717) is 31.0 Å². The van der Waals surface area contributed by atoms with Crippen LogP contribution in [0.25, 0.3) is 0 Å². The highest BCUT2D eigenvalue weighted by atomic mass is 16.2. The second-order valence-electron chi connectivity index (χ2n) is 5.25. The van der Waals surface area contributed by atoms with E-state index in [-0.39, 0.29) is 11.8 Å². The van der Waals surface area contributed by atoms with Gasteiger partial charge in [-0.3, -0.25) is 9.59 Å². The van der Waals surface area contributed by atoms with Crippen LogP contribution in [0, 0.1) is 0 Å².